The van der Waals surface area contributed by atoms with Crippen LogP contribution in [-0.4, -0.2) is 20.3 Å². The van der Waals surface area contributed by atoms with Crippen molar-refractivity contribution in [3.63, 3.8) is 0 Å². The number of rotatable bonds is 6. The lowest BCUT2D eigenvalue weighted by Crippen LogP contribution is -2.17. The lowest BCUT2D eigenvalue weighted by molar-refractivity contribution is 0.679. The van der Waals surface area contributed by atoms with E-state index in [0.29, 0.717) is 34.9 Å². The van der Waals surface area contributed by atoms with Crippen molar-refractivity contribution < 1.29 is 0 Å². The highest BCUT2D eigenvalue weighted by molar-refractivity contribution is 7.99. The predicted octanol–water partition coefficient (Wildman–Crippen LogP) is 3.90. The van der Waals surface area contributed by atoms with Gasteiger partial charge in [-0.1, -0.05) is 42.5 Å². The molecule has 152 valence electrons. The molecule has 2 aromatic carbocycles. The molecule has 7 nitrogen and oxygen atoms in total. The van der Waals surface area contributed by atoms with Gasteiger partial charge in [0.2, 0.25) is 0 Å². The van der Waals surface area contributed by atoms with Gasteiger partial charge in [0.1, 0.15) is 28.5 Å². The second-order valence-corrected chi connectivity index (χ2v) is 7.90. The summed E-state index contributed by atoms with van der Waals surface area (Å²) in [4.78, 5) is 19.4. The molecule has 0 amide bonds. The molecule has 0 aliphatic rings. The van der Waals surface area contributed by atoms with Crippen LogP contribution in [0.3, 0.4) is 0 Å². The first-order chi connectivity index (χ1) is 15.1. The first-order valence-electron chi connectivity index (χ1n) is 9.63. The smallest absolute Gasteiger partial charge is 0.326 e. The van der Waals surface area contributed by atoms with Crippen LogP contribution in [0.15, 0.2) is 64.4 Å². The van der Waals surface area contributed by atoms with Crippen molar-refractivity contribution in [1.29, 1.82) is 10.5 Å². The number of aryl methyl sites for hydroxylation is 1. The molecule has 0 atom stereocenters. The number of aromatic nitrogens is 3. The number of nitrogens with two attached hydrogens (primary N) is 1. The van der Waals surface area contributed by atoms with Crippen LogP contribution in [0.5, 0.6) is 0 Å². The third kappa shape index (κ3) is 3.89. The summed E-state index contributed by atoms with van der Waals surface area (Å²) in [6.45, 7) is 0.537. The highest BCUT2D eigenvalue weighted by Gasteiger charge is 2.20. The largest absolute Gasteiger partial charge is 0.383 e. The number of thioether (sulfide) groups is 1. The van der Waals surface area contributed by atoms with E-state index in [9.17, 15) is 15.3 Å². The fraction of sp³-hybridized carbons (Fsp3) is 0.130. The Balaban J connectivity index is 1.58. The summed E-state index contributed by atoms with van der Waals surface area (Å²) in [5, 5.41) is 19.9. The lowest BCUT2D eigenvalue weighted by atomic mass is 9.97. The van der Waals surface area contributed by atoms with E-state index in [0.717, 1.165) is 16.6 Å². The van der Waals surface area contributed by atoms with Gasteiger partial charge in [-0.2, -0.15) is 10.5 Å². The third-order valence-corrected chi connectivity index (χ3v) is 5.99. The van der Waals surface area contributed by atoms with E-state index >= 15 is 0 Å². The first-order valence-corrected chi connectivity index (χ1v) is 10.6. The maximum atomic E-state index is 12.2. The van der Waals surface area contributed by atoms with E-state index in [-0.39, 0.29) is 17.1 Å². The number of hydrogen-bond acceptors (Lipinski definition) is 6. The summed E-state index contributed by atoms with van der Waals surface area (Å²) in [5.41, 5.74) is 9.38. The second kappa shape index (κ2) is 8.78. The highest BCUT2D eigenvalue weighted by Crippen LogP contribution is 2.35. The van der Waals surface area contributed by atoms with Crippen LogP contribution in [0.2, 0.25) is 0 Å². The Kier molecular flexibility index (Phi) is 5.74. The standard InChI is InChI=1S/C23H18N6OS/c24-13-16-20(15-7-2-1-3-8-15)17(14-25)22(28-21(16)26)31-12-6-11-29-19-10-5-4-9-18(19)27-23(29)30/h1-5,7-10H,6,11-12H2,(H2,26,28)(H,27,30). The highest BCUT2D eigenvalue weighted by atomic mass is 32.2. The third-order valence-electron chi connectivity index (χ3n) is 4.92. The summed E-state index contributed by atoms with van der Waals surface area (Å²) in [5.74, 6) is 0.739. The topological polar surface area (TPSA) is 124 Å². The minimum absolute atomic E-state index is 0.107. The number of nitrogen functional groups attached to an aromatic ring is 1. The molecular weight excluding hydrogens is 408 g/mol. The van der Waals surface area contributed by atoms with Crippen molar-refractivity contribution in [1.82, 2.24) is 14.5 Å². The Labute approximate surface area is 182 Å². The fourth-order valence-electron chi connectivity index (χ4n) is 3.52. The minimum Gasteiger partial charge on any atom is -0.383 e. The molecule has 0 saturated carbocycles. The van der Waals surface area contributed by atoms with Gasteiger partial charge in [0.05, 0.1) is 16.6 Å². The zero-order valence-electron chi connectivity index (χ0n) is 16.5. The van der Waals surface area contributed by atoms with E-state index in [2.05, 4.69) is 22.1 Å². The van der Waals surface area contributed by atoms with Gasteiger partial charge in [-0.05, 0) is 24.1 Å². The average molecular weight is 427 g/mol. The van der Waals surface area contributed by atoms with Gasteiger partial charge >= 0.3 is 5.69 Å². The molecule has 0 unspecified atom stereocenters. The number of pyridine rings is 1. The van der Waals surface area contributed by atoms with Crippen LogP contribution >= 0.6 is 11.8 Å². The predicted molar refractivity (Wildman–Crippen MR) is 121 cm³/mol. The molecule has 0 saturated heterocycles. The average Bonchev–Trinajstić information content (AvgIpc) is 3.11. The number of aromatic amines is 1. The van der Waals surface area contributed by atoms with Gasteiger partial charge in [-0.15, -0.1) is 11.8 Å². The summed E-state index contributed by atoms with van der Waals surface area (Å²) >= 11 is 1.40. The lowest BCUT2D eigenvalue weighted by Gasteiger charge is -2.13. The maximum Gasteiger partial charge on any atom is 0.326 e. The SMILES string of the molecule is N#Cc1c(N)nc(SCCCn2c(=O)[nH]c3ccccc32)c(C#N)c1-c1ccccc1. The molecule has 2 aromatic heterocycles. The Morgan fingerprint density at radius 1 is 1.03 bits per heavy atom. The quantitative estimate of drug-likeness (QED) is 0.356. The normalized spacial score (nSPS) is 10.6. The molecule has 0 aliphatic heterocycles. The number of hydrogen-bond donors (Lipinski definition) is 2. The van der Waals surface area contributed by atoms with Gasteiger partial charge in [-0.3, -0.25) is 4.57 Å². The molecule has 31 heavy (non-hydrogen) atoms. The Hall–Kier alpha value is -4.01. The van der Waals surface area contributed by atoms with Crippen LogP contribution in [0, 0.1) is 22.7 Å². The van der Waals surface area contributed by atoms with Crippen molar-refractivity contribution in [3.05, 3.63) is 76.2 Å². The van der Waals surface area contributed by atoms with Gasteiger partial charge < -0.3 is 10.7 Å². The molecule has 0 aliphatic carbocycles. The number of fused-ring (bicyclic) bond motifs is 1. The number of para-hydroxylation sites is 2. The van der Waals surface area contributed by atoms with Crippen LogP contribution in [0.4, 0.5) is 5.82 Å². The molecule has 0 spiro atoms. The molecule has 2 heterocycles. The number of nitriles is 2. The minimum atomic E-state index is -0.143. The zero-order chi connectivity index (χ0) is 21.8. The van der Waals surface area contributed by atoms with Crippen molar-refractivity contribution >= 4 is 28.6 Å². The summed E-state index contributed by atoms with van der Waals surface area (Å²) in [7, 11) is 0. The summed E-state index contributed by atoms with van der Waals surface area (Å²) in [6.07, 6.45) is 0.694. The van der Waals surface area contributed by atoms with E-state index in [1.165, 1.54) is 11.8 Å². The van der Waals surface area contributed by atoms with E-state index < -0.39 is 0 Å². The van der Waals surface area contributed by atoms with Crippen LogP contribution in [0.25, 0.3) is 22.2 Å². The van der Waals surface area contributed by atoms with Gasteiger partial charge in [0.25, 0.3) is 0 Å². The second-order valence-electron chi connectivity index (χ2n) is 6.82. The number of benzene rings is 2. The Morgan fingerprint density at radius 2 is 1.74 bits per heavy atom. The van der Waals surface area contributed by atoms with E-state index in [4.69, 9.17) is 5.73 Å². The molecule has 4 rings (SSSR count). The maximum absolute atomic E-state index is 12.2. The van der Waals surface area contributed by atoms with Crippen molar-refractivity contribution in [2.45, 2.75) is 18.0 Å². The number of nitrogens with zero attached hydrogens (tertiary/aromatic N) is 4. The number of nitrogens with one attached hydrogen (secondary N) is 1. The van der Waals surface area contributed by atoms with Crippen LogP contribution < -0.4 is 11.4 Å². The molecule has 0 bridgehead atoms. The number of anilines is 1. The van der Waals surface area contributed by atoms with Gasteiger partial charge in [0, 0.05) is 17.9 Å². The molecule has 4 aromatic rings. The van der Waals surface area contributed by atoms with Gasteiger partial charge in [0.15, 0.2) is 0 Å². The van der Waals surface area contributed by atoms with Crippen LogP contribution in [0.1, 0.15) is 17.5 Å². The first kappa shape index (κ1) is 20.3. The molecule has 0 radical (unpaired) electrons. The zero-order valence-corrected chi connectivity index (χ0v) is 17.3. The van der Waals surface area contributed by atoms with Gasteiger partial charge in [-0.25, -0.2) is 9.78 Å². The molecule has 0 fully saturated rings. The number of H-pyrrole nitrogens is 1. The van der Waals surface area contributed by atoms with E-state index in [1.807, 2.05) is 54.6 Å². The van der Waals surface area contributed by atoms with Crippen LogP contribution in [-0.2, 0) is 6.54 Å². The van der Waals surface area contributed by atoms with Crippen molar-refractivity contribution in [2.75, 3.05) is 11.5 Å². The fourth-order valence-corrected chi connectivity index (χ4v) is 4.44. The molecule has 3 N–H and O–H groups in total. The Morgan fingerprint density at radius 3 is 2.48 bits per heavy atom. The Bertz CT molecular complexity index is 1390. The summed E-state index contributed by atoms with van der Waals surface area (Å²) < 4.78 is 1.71. The monoisotopic (exact) mass is 426 g/mol. The number of imidazole rings is 1. The molecule has 8 heteroatoms. The van der Waals surface area contributed by atoms with E-state index in [1.54, 1.807) is 4.57 Å². The summed E-state index contributed by atoms with van der Waals surface area (Å²) in [6, 6.07) is 21.1. The molecular formula is C23H18N6OS. The van der Waals surface area contributed by atoms with Crippen molar-refractivity contribution in [2.24, 2.45) is 0 Å². The van der Waals surface area contributed by atoms with Crippen molar-refractivity contribution in [3.8, 4) is 23.3 Å².